The van der Waals surface area contributed by atoms with Crippen LogP contribution in [0.2, 0.25) is 0 Å². The molecule has 0 aromatic carbocycles. The van der Waals surface area contributed by atoms with E-state index in [4.69, 9.17) is 4.52 Å². The summed E-state index contributed by atoms with van der Waals surface area (Å²) in [4.78, 5) is 17.5. The molecule has 1 atom stereocenters. The van der Waals surface area contributed by atoms with Crippen molar-refractivity contribution in [2.24, 2.45) is 5.92 Å². The van der Waals surface area contributed by atoms with Gasteiger partial charge in [-0.25, -0.2) is 0 Å². The molecule has 2 fully saturated rings. The summed E-state index contributed by atoms with van der Waals surface area (Å²) in [6, 6.07) is 2.16. The SMILES string of the molecule is CCCN1CCC(CC(=O)N2CCC[C@H]2c2cc(C(C)C)on2)CC1. The van der Waals surface area contributed by atoms with E-state index in [1.807, 2.05) is 6.07 Å². The van der Waals surface area contributed by atoms with Crippen LogP contribution in [0.25, 0.3) is 0 Å². The Morgan fingerprint density at radius 3 is 2.68 bits per heavy atom. The minimum absolute atomic E-state index is 0.115. The Kier molecular flexibility index (Phi) is 6.15. The summed E-state index contributed by atoms with van der Waals surface area (Å²) >= 11 is 0. The molecule has 2 aliphatic heterocycles. The van der Waals surface area contributed by atoms with E-state index in [9.17, 15) is 4.79 Å². The summed E-state index contributed by atoms with van der Waals surface area (Å²) < 4.78 is 5.46. The molecule has 0 spiro atoms. The van der Waals surface area contributed by atoms with Crippen molar-refractivity contribution in [1.29, 1.82) is 0 Å². The Bertz CT molecular complexity index is 561. The number of piperidine rings is 1. The number of hydrogen-bond acceptors (Lipinski definition) is 4. The lowest BCUT2D eigenvalue weighted by Gasteiger charge is -2.32. The lowest BCUT2D eigenvalue weighted by molar-refractivity contribution is -0.133. The second-order valence-electron chi connectivity index (χ2n) is 8.04. The summed E-state index contributed by atoms with van der Waals surface area (Å²) in [7, 11) is 0. The van der Waals surface area contributed by atoms with E-state index in [0.29, 0.717) is 24.2 Å². The van der Waals surface area contributed by atoms with Crippen molar-refractivity contribution < 1.29 is 9.32 Å². The van der Waals surface area contributed by atoms with Gasteiger partial charge in [0.1, 0.15) is 11.5 Å². The van der Waals surface area contributed by atoms with Gasteiger partial charge >= 0.3 is 0 Å². The van der Waals surface area contributed by atoms with E-state index in [1.54, 1.807) is 0 Å². The normalized spacial score (nSPS) is 22.9. The second-order valence-corrected chi connectivity index (χ2v) is 8.04. The van der Waals surface area contributed by atoms with Gasteiger partial charge in [-0.15, -0.1) is 0 Å². The van der Waals surface area contributed by atoms with E-state index < -0.39 is 0 Å². The fraction of sp³-hybridized carbons (Fsp3) is 0.800. The van der Waals surface area contributed by atoms with E-state index >= 15 is 0 Å². The van der Waals surface area contributed by atoms with Gasteiger partial charge in [0, 0.05) is 24.9 Å². The monoisotopic (exact) mass is 347 g/mol. The highest BCUT2D eigenvalue weighted by Crippen LogP contribution is 2.34. The maximum atomic E-state index is 12.9. The molecule has 2 saturated heterocycles. The third-order valence-electron chi connectivity index (χ3n) is 5.74. The van der Waals surface area contributed by atoms with Crippen LogP contribution in [0.15, 0.2) is 10.6 Å². The number of amides is 1. The van der Waals surface area contributed by atoms with Crippen molar-refractivity contribution in [3.05, 3.63) is 17.5 Å². The van der Waals surface area contributed by atoms with Crippen LogP contribution in [0.4, 0.5) is 0 Å². The first-order valence-electron chi connectivity index (χ1n) is 10.1. The molecule has 5 heteroatoms. The molecule has 0 saturated carbocycles. The van der Waals surface area contributed by atoms with Crippen LogP contribution < -0.4 is 0 Å². The number of nitrogens with zero attached hydrogens (tertiary/aromatic N) is 3. The molecule has 25 heavy (non-hydrogen) atoms. The molecule has 140 valence electrons. The molecular formula is C20H33N3O2. The average Bonchev–Trinajstić information content (AvgIpc) is 3.25. The first-order chi connectivity index (χ1) is 12.1. The van der Waals surface area contributed by atoms with Gasteiger partial charge in [-0.2, -0.15) is 0 Å². The smallest absolute Gasteiger partial charge is 0.223 e. The Balaban J connectivity index is 1.56. The zero-order chi connectivity index (χ0) is 17.8. The Hall–Kier alpha value is -1.36. The topological polar surface area (TPSA) is 49.6 Å². The van der Waals surface area contributed by atoms with Crippen molar-refractivity contribution in [1.82, 2.24) is 15.0 Å². The average molecular weight is 348 g/mol. The van der Waals surface area contributed by atoms with Gasteiger partial charge < -0.3 is 14.3 Å². The number of carbonyl (C=O) groups excluding carboxylic acids is 1. The first-order valence-corrected chi connectivity index (χ1v) is 10.1. The highest BCUT2D eigenvalue weighted by molar-refractivity contribution is 5.77. The largest absolute Gasteiger partial charge is 0.361 e. The summed E-state index contributed by atoms with van der Waals surface area (Å²) in [5, 5.41) is 4.25. The highest BCUT2D eigenvalue weighted by atomic mass is 16.5. The maximum Gasteiger partial charge on any atom is 0.223 e. The number of rotatable bonds is 6. The lowest BCUT2D eigenvalue weighted by Crippen LogP contribution is -2.37. The van der Waals surface area contributed by atoms with Crippen molar-refractivity contribution in [3.8, 4) is 0 Å². The van der Waals surface area contributed by atoms with Crippen LogP contribution in [-0.2, 0) is 4.79 Å². The van der Waals surface area contributed by atoms with Crippen LogP contribution in [-0.4, -0.2) is 47.0 Å². The minimum Gasteiger partial charge on any atom is -0.361 e. The Labute approximate surface area is 151 Å². The van der Waals surface area contributed by atoms with Gasteiger partial charge in [-0.3, -0.25) is 4.79 Å². The number of carbonyl (C=O) groups is 1. The van der Waals surface area contributed by atoms with Crippen LogP contribution >= 0.6 is 0 Å². The molecule has 0 N–H and O–H groups in total. The van der Waals surface area contributed by atoms with Crippen molar-refractivity contribution in [3.63, 3.8) is 0 Å². The molecule has 1 aromatic heterocycles. The van der Waals surface area contributed by atoms with Gasteiger partial charge in [0.2, 0.25) is 5.91 Å². The summed E-state index contributed by atoms with van der Waals surface area (Å²) in [6.07, 6.45) is 6.30. The summed E-state index contributed by atoms with van der Waals surface area (Å²) in [5.74, 6) is 2.11. The van der Waals surface area contributed by atoms with Crippen molar-refractivity contribution >= 4 is 5.91 Å². The predicted molar refractivity (Wildman–Crippen MR) is 98.4 cm³/mol. The Morgan fingerprint density at radius 2 is 2.04 bits per heavy atom. The van der Waals surface area contributed by atoms with E-state index in [-0.39, 0.29) is 6.04 Å². The molecule has 0 radical (unpaired) electrons. The molecule has 3 heterocycles. The summed E-state index contributed by atoms with van der Waals surface area (Å²) in [6.45, 7) is 10.8. The molecule has 5 nitrogen and oxygen atoms in total. The van der Waals surface area contributed by atoms with Crippen LogP contribution in [0.5, 0.6) is 0 Å². The van der Waals surface area contributed by atoms with Gasteiger partial charge in [0.15, 0.2) is 0 Å². The van der Waals surface area contributed by atoms with E-state index in [1.165, 1.54) is 13.0 Å². The van der Waals surface area contributed by atoms with Crippen LogP contribution in [0.3, 0.4) is 0 Å². The number of aromatic nitrogens is 1. The molecule has 1 aromatic rings. The number of likely N-dealkylation sites (tertiary alicyclic amines) is 2. The second kappa shape index (κ2) is 8.35. The Morgan fingerprint density at radius 1 is 1.28 bits per heavy atom. The highest BCUT2D eigenvalue weighted by Gasteiger charge is 2.33. The van der Waals surface area contributed by atoms with Gasteiger partial charge in [-0.05, 0) is 57.7 Å². The van der Waals surface area contributed by atoms with Crippen molar-refractivity contribution in [2.45, 2.75) is 71.3 Å². The van der Waals surface area contributed by atoms with Crippen LogP contribution in [0, 0.1) is 5.92 Å². The lowest BCUT2D eigenvalue weighted by atomic mass is 9.92. The fourth-order valence-electron chi connectivity index (χ4n) is 4.20. The molecule has 0 bridgehead atoms. The minimum atomic E-state index is 0.115. The number of hydrogen-bond donors (Lipinski definition) is 0. The maximum absolute atomic E-state index is 12.9. The molecule has 0 unspecified atom stereocenters. The molecule has 1 amide bonds. The van der Waals surface area contributed by atoms with Gasteiger partial charge in [0.05, 0.1) is 6.04 Å². The fourth-order valence-corrected chi connectivity index (χ4v) is 4.20. The van der Waals surface area contributed by atoms with Gasteiger partial charge in [-0.1, -0.05) is 25.9 Å². The van der Waals surface area contributed by atoms with Crippen molar-refractivity contribution in [2.75, 3.05) is 26.2 Å². The van der Waals surface area contributed by atoms with Crippen LogP contribution in [0.1, 0.15) is 82.7 Å². The summed E-state index contributed by atoms with van der Waals surface area (Å²) in [5.41, 5.74) is 0.937. The third-order valence-corrected chi connectivity index (χ3v) is 5.74. The zero-order valence-corrected chi connectivity index (χ0v) is 16.0. The van der Waals surface area contributed by atoms with E-state index in [0.717, 1.165) is 56.8 Å². The third kappa shape index (κ3) is 4.43. The first kappa shape index (κ1) is 18.4. The quantitative estimate of drug-likeness (QED) is 0.781. The van der Waals surface area contributed by atoms with Gasteiger partial charge in [0.25, 0.3) is 0 Å². The predicted octanol–water partition coefficient (Wildman–Crippen LogP) is 3.97. The molecule has 0 aliphatic carbocycles. The molecule has 2 aliphatic rings. The molecular weight excluding hydrogens is 314 g/mol. The molecule has 3 rings (SSSR count). The standard InChI is InChI=1S/C20H33N3O2/c1-4-9-22-11-7-16(8-12-22)13-20(24)23-10-5-6-18(23)17-14-19(15(2)3)25-21-17/h14-16,18H,4-13H2,1-3H3/t18-/m0/s1. The van der Waals surface area contributed by atoms with E-state index in [2.05, 4.69) is 35.7 Å². The zero-order valence-electron chi connectivity index (χ0n) is 16.0.